The first-order chi connectivity index (χ1) is 9.83. The summed E-state index contributed by atoms with van der Waals surface area (Å²) >= 11 is 0. The molecule has 0 heterocycles. The van der Waals surface area contributed by atoms with Gasteiger partial charge in [0.25, 0.3) is 0 Å². The van der Waals surface area contributed by atoms with Crippen molar-refractivity contribution in [2.24, 2.45) is 0 Å². The average molecular weight is 287 g/mol. The van der Waals surface area contributed by atoms with Gasteiger partial charge in [0, 0.05) is 5.69 Å². The molecule has 0 bridgehead atoms. The molecule has 2 aromatic rings. The maximum atomic E-state index is 13.0. The van der Waals surface area contributed by atoms with Crippen LogP contribution in [0.25, 0.3) is 0 Å². The quantitative estimate of drug-likeness (QED) is 0.898. The van der Waals surface area contributed by atoms with Crippen molar-refractivity contribution in [3.63, 3.8) is 0 Å². The van der Waals surface area contributed by atoms with Gasteiger partial charge in [0.15, 0.2) is 5.54 Å². The Morgan fingerprint density at radius 3 is 2.29 bits per heavy atom. The number of carboxylic acid groups (broad SMARTS) is 1. The SMILES string of the molecule is Cc1ccc(C(C)(Nc2ccc(F)cc2)C(=O)O)c(C)c1. The zero-order valence-electron chi connectivity index (χ0n) is 12.3. The predicted molar refractivity (Wildman–Crippen MR) is 80.9 cm³/mol. The van der Waals surface area contributed by atoms with Crippen LogP contribution in [0.1, 0.15) is 23.6 Å². The van der Waals surface area contributed by atoms with Crippen LogP contribution in [-0.2, 0) is 10.3 Å². The van der Waals surface area contributed by atoms with Gasteiger partial charge in [-0.2, -0.15) is 0 Å². The van der Waals surface area contributed by atoms with Crippen molar-refractivity contribution in [2.45, 2.75) is 26.3 Å². The Morgan fingerprint density at radius 2 is 1.76 bits per heavy atom. The number of hydrogen-bond donors (Lipinski definition) is 2. The van der Waals surface area contributed by atoms with E-state index in [0.717, 1.165) is 11.1 Å². The number of hydrogen-bond acceptors (Lipinski definition) is 2. The second-order valence-electron chi connectivity index (χ2n) is 5.38. The highest BCUT2D eigenvalue weighted by Gasteiger charge is 2.36. The highest BCUT2D eigenvalue weighted by atomic mass is 19.1. The van der Waals surface area contributed by atoms with Crippen molar-refractivity contribution in [3.8, 4) is 0 Å². The lowest BCUT2D eigenvalue weighted by Crippen LogP contribution is -2.41. The molecule has 4 heteroatoms. The summed E-state index contributed by atoms with van der Waals surface area (Å²) < 4.78 is 13.0. The fourth-order valence-corrected chi connectivity index (χ4v) is 2.43. The first kappa shape index (κ1) is 15.0. The Labute approximate surface area is 123 Å². The van der Waals surface area contributed by atoms with Crippen LogP contribution in [0.15, 0.2) is 42.5 Å². The van der Waals surface area contributed by atoms with Crippen LogP contribution in [-0.4, -0.2) is 11.1 Å². The molecule has 0 amide bonds. The third kappa shape index (κ3) is 3.05. The number of aryl methyl sites for hydroxylation is 2. The average Bonchev–Trinajstić information content (AvgIpc) is 2.41. The van der Waals surface area contributed by atoms with Gasteiger partial charge in [-0.05, 0) is 56.2 Å². The number of rotatable bonds is 4. The molecule has 0 saturated carbocycles. The van der Waals surface area contributed by atoms with E-state index in [1.807, 2.05) is 32.0 Å². The van der Waals surface area contributed by atoms with Crippen LogP contribution < -0.4 is 5.32 Å². The minimum Gasteiger partial charge on any atom is -0.479 e. The third-order valence-electron chi connectivity index (χ3n) is 3.59. The lowest BCUT2D eigenvalue weighted by molar-refractivity contribution is -0.142. The van der Waals surface area contributed by atoms with E-state index in [0.29, 0.717) is 11.3 Å². The summed E-state index contributed by atoms with van der Waals surface area (Å²) in [6, 6.07) is 11.3. The monoisotopic (exact) mass is 287 g/mol. The molecule has 0 aliphatic heterocycles. The Kier molecular flexibility index (Phi) is 3.98. The molecule has 0 aliphatic carbocycles. The van der Waals surface area contributed by atoms with Gasteiger partial charge in [-0.15, -0.1) is 0 Å². The first-order valence-electron chi connectivity index (χ1n) is 6.68. The smallest absolute Gasteiger partial charge is 0.333 e. The number of carbonyl (C=O) groups is 1. The fraction of sp³-hybridized carbons (Fsp3) is 0.235. The Bertz CT molecular complexity index is 667. The number of aliphatic carboxylic acids is 1. The van der Waals surface area contributed by atoms with Crippen LogP contribution in [0.2, 0.25) is 0 Å². The highest BCUT2D eigenvalue weighted by molar-refractivity contribution is 5.84. The minimum absolute atomic E-state index is 0.357. The molecule has 0 saturated heterocycles. The van der Waals surface area contributed by atoms with E-state index in [2.05, 4.69) is 5.32 Å². The Balaban J connectivity index is 2.45. The normalized spacial score (nSPS) is 13.5. The predicted octanol–water partition coefficient (Wildman–Crippen LogP) is 3.85. The van der Waals surface area contributed by atoms with Gasteiger partial charge >= 0.3 is 5.97 Å². The second-order valence-corrected chi connectivity index (χ2v) is 5.38. The number of carboxylic acids is 1. The van der Waals surface area contributed by atoms with Crippen molar-refractivity contribution in [3.05, 3.63) is 65.0 Å². The highest BCUT2D eigenvalue weighted by Crippen LogP contribution is 2.29. The molecule has 0 fully saturated rings. The summed E-state index contributed by atoms with van der Waals surface area (Å²) in [5.41, 5.74) is 1.93. The van der Waals surface area contributed by atoms with Crippen molar-refractivity contribution < 1.29 is 14.3 Å². The maximum absolute atomic E-state index is 13.0. The fourth-order valence-electron chi connectivity index (χ4n) is 2.43. The van der Waals surface area contributed by atoms with Crippen molar-refractivity contribution >= 4 is 11.7 Å². The molecule has 0 spiro atoms. The second kappa shape index (κ2) is 5.56. The standard InChI is InChI=1S/C17H18FNO2/c1-11-4-9-15(12(2)10-11)17(3,16(20)21)19-14-7-5-13(18)6-8-14/h4-10,19H,1-3H3,(H,20,21). The van der Waals surface area contributed by atoms with E-state index in [4.69, 9.17) is 0 Å². The molecule has 3 nitrogen and oxygen atoms in total. The number of benzene rings is 2. The van der Waals surface area contributed by atoms with E-state index < -0.39 is 11.5 Å². The van der Waals surface area contributed by atoms with Gasteiger partial charge < -0.3 is 10.4 Å². The van der Waals surface area contributed by atoms with Gasteiger partial charge in [0.2, 0.25) is 0 Å². The Hall–Kier alpha value is -2.36. The summed E-state index contributed by atoms with van der Waals surface area (Å²) in [6.07, 6.45) is 0. The van der Waals surface area contributed by atoms with Crippen molar-refractivity contribution in [1.29, 1.82) is 0 Å². The number of halogens is 1. The number of anilines is 1. The van der Waals surface area contributed by atoms with Crippen LogP contribution in [0.3, 0.4) is 0 Å². The lowest BCUT2D eigenvalue weighted by atomic mass is 9.87. The zero-order chi connectivity index (χ0) is 15.6. The largest absolute Gasteiger partial charge is 0.479 e. The van der Waals surface area contributed by atoms with Crippen molar-refractivity contribution in [1.82, 2.24) is 0 Å². The molecular formula is C17H18FNO2. The van der Waals surface area contributed by atoms with Crippen molar-refractivity contribution in [2.75, 3.05) is 5.32 Å². The molecule has 1 atom stereocenters. The first-order valence-corrected chi connectivity index (χ1v) is 6.68. The maximum Gasteiger partial charge on any atom is 0.333 e. The molecule has 110 valence electrons. The zero-order valence-corrected chi connectivity index (χ0v) is 12.3. The molecule has 1 unspecified atom stereocenters. The van der Waals surface area contributed by atoms with Gasteiger partial charge in [-0.3, -0.25) is 0 Å². The molecule has 0 radical (unpaired) electrons. The van der Waals surface area contributed by atoms with E-state index in [-0.39, 0.29) is 5.82 Å². The molecule has 2 rings (SSSR count). The minimum atomic E-state index is -1.28. The molecule has 2 aromatic carbocycles. The van der Waals surface area contributed by atoms with Crippen LogP contribution in [0, 0.1) is 19.7 Å². The van der Waals surface area contributed by atoms with E-state index in [1.54, 1.807) is 6.92 Å². The summed E-state index contributed by atoms with van der Waals surface area (Å²) in [6.45, 7) is 5.45. The lowest BCUT2D eigenvalue weighted by Gasteiger charge is -2.29. The molecule has 0 aromatic heterocycles. The summed E-state index contributed by atoms with van der Waals surface area (Å²) in [4.78, 5) is 11.8. The van der Waals surface area contributed by atoms with Gasteiger partial charge in [0.05, 0.1) is 0 Å². The van der Waals surface area contributed by atoms with Crippen LogP contribution in [0.5, 0.6) is 0 Å². The molecule has 21 heavy (non-hydrogen) atoms. The van der Waals surface area contributed by atoms with Crippen LogP contribution >= 0.6 is 0 Å². The van der Waals surface area contributed by atoms with E-state index >= 15 is 0 Å². The van der Waals surface area contributed by atoms with Crippen LogP contribution in [0.4, 0.5) is 10.1 Å². The summed E-state index contributed by atoms with van der Waals surface area (Å²) in [5, 5.41) is 12.7. The summed E-state index contributed by atoms with van der Waals surface area (Å²) in [7, 11) is 0. The van der Waals surface area contributed by atoms with Gasteiger partial charge in [0.1, 0.15) is 5.82 Å². The molecule has 0 aliphatic rings. The van der Waals surface area contributed by atoms with Gasteiger partial charge in [-0.25, -0.2) is 9.18 Å². The summed E-state index contributed by atoms with van der Waals surface area (Å²) in [5.74, 6) is -1.34. The third-order valence-corrected chi connectivity index (χ3v) is 3.59. The van der Waals surface area contributed by atoms with E-state index in [1.165, 1.54) is 24.3 Å². The topological polar surface area (TPSA) is 49.3 Å². The molecular weight excluding hydrogens is 269 g/mol. The Morgan fingerprint density at radius 1 is 1.14 bits per heavy atom. The number of nitrogens with one attached hydrogen (secondary N) is 1. The van der Waals surface area contributed by atoms with E-state index in [9.17, 15) is 14.3 Å². The molecule has 2 N–H and O–H groups in total. The van der Waals surface area contributed by atoms with Gasteiger partial charge in [-0.1, -0.05) is 23.8 Å².